The van der Waals surface area contributed by atoms with Crippen molar-refractivity contribution in [2.75, 3.05) is 30.8 Å². The molecule has 35 heavy (non-hydrogen) atoms. The molecule has 1 saturated heterocycles. The Morgan fingerprint density at radius 1 is 1.20 bits per heavy atom. The number of aromatic nitrogens is 3. The number of likely N-dealkylation sites (N-methyl/N-ethyl adjacent to an activating group) is 1. The first-order valence-corrected chi connectivity index (χ1v) is 11.0. The van der Waals surface area contributed by atoms with Crippen LogP contribution in [-0.4, -0.2) is 52.0 Å². The lowest BCUT2D eigenvalue weighted by atomic mass is 10.0. The molecule has 2 aromatic carbocycles. The second kappa shape index (κ2) is 9.47. The molecule has 2 aromatic heterocycles. The molecule has 176 valence electrons. The maximum absolute atomic E-state index is 13.8. The van der Waals surface area contributed by atoms with Crippen LogP contribution in [0.2, 0.25) is 0 Å². The summed E-state index contributed by atoms with van der Waals surface area (Å²) >= 11 is 0. The Morgan fingerprint density at radius 3 is 2.83 bits per heavy atom. The third-order valence-electron chi connectivity index (χ3n) is 5.63. The van der Waals surface area contributed by atoms with E-state index in [9.17, 15) is 9.18 Å². The van der Waals surface area contributed by atoms with E-state index in [1.165, 1.54) is 12.1 Å². The highest BCUT2D eigenvalue weighted by Gasteiger charge is 2.26. The molecule has 0 spiro atoms. The van der Waals surface area contributed by atoms with E-state index in [2.05, 4.69) is 37.1 Å². The molecule has 2 N–H and O–H groups in total. The van der Waals surface area contributed by atoms with Gasteiger partial charge in [-0.2, -0.15) is 0 Å². The summed E-state index contributed by atoms with van der Waals surface area (Å²) < 4.78 is 19.8. The number of carbonyl (C=O) groups excluding carboxylic acids is 1. The second-order valence-electron chi connectivity index (χ2n) is 8.32. The minimum absolute atomic E-state index is 0.0674. The predicted octanol–water partition coefficient (Wildman–Crippen LogP) is 4.39. The molecular weight excluding hydrogens is 447 g/mol. The lowest BCUT2D eigenvalue weighted by Crippen LogP contribution is -2.51. The number of para-hydroxylation sites is 1. The number of hydrogen-bond donors (Lipinski definition) is 2. The van der Waals surface area contributed by atoms with Crippen LogP contribution in [0.5, 0.6) is 5.75 Å². The standard InChI is InChI=1S/C26H23FN6O2/c1-3-24(34)31-22-10-19(7-8-23(22)35-20-14-33(2)15-20)30-26-29-12-16-5-4-6-21(25(16)32-26)17-9-18(27)13-28-11-17/h3-13,20H,1,14-15H2,2H3,(H,31,34)(H,29,30,32). The second-order valence-corrected chi connectivity index (χ2v) is 8.32. The number of anilines is 3. The molecule has 8 nitrogen and oxygen atoms in total. The normalized spacial score (nSPS) is 13.8. The Morgan fingerprint density at radius 2 is 2.06 bits per heavy atom. The van der Waals surface area contributed by atoms with Crippen molar-refractivity contribution in [2.45, 2.75) is 6.10 Å². The zero-order chi connectivity index (χ0) is 24.4. The van der Waals surface area contributed by atoms with Crippen molar-refractivity contribution >= 4 is 34.1 Å². The van der Waals surface area contributed by atoms with E-state index < -0.39 is 5.82 Å². The van der Waals surface area contributed by atoms with Gasteiger partial charge in [-0.15, -0.1) is 0 Å². The van der Waals surface area contributed by atoms with E-state index in [0.29, 0.717) is 34.2 Å². The van der Waals surface area contributed by atoms with Crippen molar-refractivity contribution in [1.29, 1.82) is 0 Å². The number of ether oxygens (including phenoxy) is 1. The molecule has 1 aliphatic rings. The zero-order valence-corrected chi connectivity index (χ0v) is 19.0. The smallest absolute Gasteiger partial charge is 0.247 e. The minimum atomic E-state index is -0.420. The van der Waals surface area contributed by atoms with Gasteiger partial charge >= 0.3 is 0 Å². The molecular formula is C26H23FN6O2. The third-order valence-corrected chi connectivity index (χ3v) is 5.63. The summed E-state index contributed by atoms with van der Waals surface area (Å²) in [4.78, 5) is 27.2. The number of likely N-dealkylation sites (tertiary alicyclic amines) is 1. The molecule has 3 heterocycles. The van der Waals surface area contributed by atoms with Gasteiger partial charge in [-0.3, -0.25) is 14.7 Å². The zero-order valence-electron chi connectivity index (χ0n) is 19.0. The van der Waals surface area contributed by atoms with Gasteiger partial charge in [-0.05, 0) is 37.4 Å². The topological polar surface area (TPSA) is 92.3 Å². The Balaban J connectivity index is 1.45. The predicted molar refractivity (Wildman–Crippen MR) is 133 cm³/mol. The summed E-state index contributed by atoms with van der Waals surface area (Å²) in [6, 6.07) is 12.4. The largest absolute Gasteiger partial charge is 0.486 e. The number of rotatable bonds is 7. The van der Waals surface area contributed by atoms with Gasteiger partial charge in [0.05, 0.1) is 17.4 Å². The molecule has 5 rings (SSSR count). The summed E-state index contributed by atoms with van der Waals surface area (Å²) in [5.41, 5.74) is 3.20. The number of halogens is 1. The van der Waals surface area contributed by atoms with Gasteiger partial charge in [0.2, 0.25) is 11.9 Å². The Bertz CT molecular complexity index is 1420. The van der Waals surface area contributed by atoms with Crippen molar-refractivity contribution in [3.05, 3.63) is 79.5 Å². The van der Waals surface area contributed by atoms with Crippen LogP contribution in [0, 0.1) is 5.82 Å². The first-order valence-electron chi connectivity index (χ1n) is 11.0. The fourth-order valence-electron chi connectivity index (χ4n) is 3.93. The van der Waals surface area contributed by atoms with Crippen molar-refractivity contribution in [3.63, 3.8) is 0 Å². The van der Waals surface area contributed by atoms with E-state index in [4.69, 9.17) is 4.74 Å². The highest BCUT2D eigenvalue weighted by atomic mass is 19.1. The molecule has 0 unspecified atom stereocenters. The van der Waals surface area contributed by atoms with Gasteiger partial charge < -0.3 is 15.4 Å². The molecule has 1 aliphatic heterocycles. The van der Waals surface area contributed by atoms with Gasteiger partial charge in [0.1, 0.15) is 17.7 Å². The minimum Gasteiger partial charge on any atom is -0.486 e. The lowest BCUT2D eigenvalue weighted by Gasteiger charge is -2.36. The monoisotopic (exact) mass is 470 g/mol. The Hall–Kier alpha value is -4.37. The van der Waals surface area contributed by atoms with Gasteiger partial charge in [0, 0.05) is 47.7 Å². The van der Waals surface area contributed by atoms with Crippen molar-refractivity contribution in [3.8, 4) is 16.9 Å². The van der Waals surface area contributed by atoms with Crippen molar-refractivity contribution < 1.29 is 13.9 Å². The van der Waals surface area contributed by atoms with E-state index in [1.807, 2.05) is 31.3 Å². The number of carbonyl (C=O) groups is 1. The Labute approximate surface area is 201 Å². The fourth-order valence-corrected chi connectivity index (χ4v) is 3.93. The van der Waals surface area contributed by atoms with Gasteiger partial charge in [-0.25, -0.2) is 14.4 Å². The van der Waals surface area contributed by atoms with Crippen molar-refractivity contribution in [2.24, 2.45) is 0 Å². The summed E-state index contributed by atoms with van der Waals surface area (Å²) in [7, 11) is 2.02. The van der Waals surface area contributed by atoms with Crippen LogP contribution < -0.4 is 15.4 Å². The Kier molecular flexibility index (Phi) is 6.07. The van der Waals surface area contributed by atoms with Crippen LogP contribution in [0.25, 0.3) is 22.0 Å². The summed E-state index contributed by atoms with van der Waals surface area (Å²) in [6.45, 7) is 5.16. The molecule has 0 aliphatic carbocycles. The molecule has 0 bridgehead atoms. The fraction of sp³-hybridized carbons (Fsp3) is 0.154. The molecule has 0 saturated carbocycles. The molecule has 4 aromatic rings. The SMILES string of the molecule is C=CC(=O)Nc1cc(Nc2ncc3cccc(-c4cncc(F)c4)c3n2)ccc1OC1CN(C)C1. The summed E-state index contributed by atoms with van der Waals surface area (Å²) in [6.07, 6.45) is 5.73. The summed E-state index contributed by atoms with van der Waals surface area (Å²) in [5, 5.41) is 6.79. The number of pyridine rings is 1. The number of nitrogens with one attached hydrogen (secondary N) is 2. The number of nitrogens with zero attached hydrogens (tertiary/aromatic N) is 4. The van der Waals surface area contributed by atoms with Crippen LogP contribution in [0.1, 0.15) is 0 Å². The first-order chi connectivity index (χ1) is 17.0. The number of amides is 1. The highest BCUT2D eigenvalue weighted by molar-refractivity contribution is 6.00. The van der Waals surface area contributed by atoms with E-state index in [-0.39, 0.29) is 12.0 Å². The summed E-state index contributed by atoms with van der Waals surface area (Å²) in [5.74, 6) is 0.165. The van der Waals surface area contributed by atoms with Crippen LogP contribution in [-0.2, 0) is 4.79 Å². The van der Waals surface area contributed by atoms with Crippen LogP contribution in [0.15, 0.2) is 73.7 Å². The maximum atomic E-state index is 13.8. The lowest BCUT2D eigenvalue weighted by molar-refractivity contribution is -0.111. The quantitative estimate of drug-likeness (QED) is 0.387. The molecule has 9 heteroatoms. The number of hydrogen-bond acceptors (Lipinski definition) is 7. The van der Waals surface area contributed by atoms with E-state index in [1.54, 1.807) is 24.5 Å². The van der Waals surface area contributed by atoms with Crippen molar-refractivity contribution in [1.82, 2.24) is 19.9 Å². The average Bonchev–Trinajstić information content (AvgIpc) is 2.84. The van der Waals surface area contributed by atoms with Crippen LogP contribution in [0.3, 0.4) is 0 Å². The number of fused-ring (bicyclic) bond motifs is 1. The molecule has 0 radical (unpaired) electrons. The number of benzene rings is 2. The van der Waals surface area contributed by atoms with Gasteiger partial charge in [-0.1, -0.05) is 24.8 Å². The van der Waals surface area contributed by atoms with E-state index >= 15 is 0 Å². The molecule has 0 atom stereocenters. The molecule has 1 fully saturated rings. The maximum Gasteiger partial charge on any atom is 0.247 e. The third kappa shape index (κ3) is 4.95. The first kappa shape index (κ1) is 22.4. The van der Waals surface area contributed by atoms with Crippen LogP contribution >= 0.6 is 0 Å². The molecule has 1 amide bonds. The average molecular weight is 471 g/mol. The van der Waals surface area contributed by atoms with Crippen LogP contribution in [0.4, 0.5) is 21.7 Å². The highest BCUT2D eigenvalue weighted by Crippen LogP contribution is 2.32. The van der Waals surface area contributed by atoms with Gasteiger partial charge in [0.15, 0.2) is 0 Å². The van der Waals surface area contributed by atoms with Gasteiger partial charge in [0.25, 0.3) is 0 Å². The van der Waals surface area contributed by atoms with E-state index in [0.717, 1.165) is 30.2 Å².